The number of nitrogens with zero attached hydrogens (tertiary/aromatic N) is 1. The molecule has 1 aromatic carbocycles. The Hall–Kier alpha value is -1.02. The Balaban J connectivity index is 3.19. The van der Waals surface area contributed by atoms with Crippen molar-refractivity contribution in [2.24, 2.45) is 0 Å². The van der Waals surface area contributed by atoms with Gasteiger partial charge in [0.2, 0.25) is 0 Å². The lowest BCUT2D eigenvalue weighted by Crippen LogP contribution is -2.30. The summed E-state index contributed by atoms with van der Waals surface area (Å²) in [5.74, 6) is 0. The molecule has 5 heteroatoms. The Bertz CT molecular complexity index is 335. The van der Waals surface area contributed by atoms with E-state index in [1.807, 2.05) is 0 Å². The van der Waals surface area contributed by atoms with E-state index in [4.69, 9.17) is 28.2 Å². The average molecular weight is 181 g/mol. The molecule has 0 aromatic heterocycles. The zero-order valence-corrected chi connectivity index (χ0v) is 6.78. The molecule has 0 heterocycles. The predicted octanol–water partition coefficient (Wildman–Crippen LogP) is 0.571. The monoisotopic (exact) mass is 181 g/mol. The molecule has 0 fully saturated rings. The summed E-state index contributed by atoms with van der Waals surface area (Å²) in [6.45, 7) is 6.67. The Morgan fingerprint density at radius 3 is 2.58 bits per heavy atom. The molecule has 0 unspecified atom stereocenters. The first kappa shape index (κ1) is 9.08. The minimum Gasteiger partial charge on any atom is -0.423 e. The van der Waals surface area contributed by atoms with Gasteiger partial charge >= 0.3 is 7.12 Å². The lowest BCUT2D eigenvalue weighted by molar-refractivity contribution is 0.426. The third-order valence-corrected chi connectivity index (χ3v) is 1.73. The van der Waals surface area contributed by atoms with Crippen LogP contribution in [0.15, 0.2) is 18.2 Å². The molecule has 0 radical (unpaired) electrons. The molecule has 0 aliphatic carbocycles. The van der Waals surface area contributed by atoms with Gasteiger partial charge in [-0.2, -0.15) is 0 Å². The van der Waals surface area contributed by atoms with E-state index in [9.17, 15) is 0 Å². The summed E-state index contributed by atoms with van der Waals surface area (Å²) in [7, 11) is -1.63. The largest absolute Gasteiger partial charge is 0.488 e. The van der Waals surface area contributed by atoms with Crippen LogP contribution in [-0.2, 0) is 0 Å². The summed E-state index contributed by atoms with van der Waals surface area (Å²) in [5.41, 5.74) is 0.493. The minimum absolute atomic E-state index is 0.158. The van der Waals surface area contributed by atoms with Crippen LogP contribution in [0.25, 0.3) is 4.85 Å². The maximum atomic E-state index is 8.79. The molecule has 1 aromatic rings. The van der Waals surface area contributed by atoms with Crippen molar-refractivity contribution in [3.05, 3.63) is 34.6 Å². The van der Waals surface area contributed by atoms with Crippen molar-refractivity contribution >= 4 is 29.9 Å². The van der Waals surface area contributed by atoms with Crippen molar-refractivity contribution in [1.82, 2.24) is 0 Å². The molecule has 0 saturated heterocycles. The van der Waals surface area contributed by atoms with E-state index in [0.29, 0.717) is 5.69 Å². The van der Waals surface area contributed by atoms with Crippen LogP contribution in [0.3, 0.4) is 0 Å². The van der Waals surface area contributed by atoms with Crippen molar-refractivity contribution in [3.8, 4) is 0 Å². The highest BCUT2D eigenvalue weighted by atomic mass is 35.5. The molecule has 12 heavy (non-hydrogen) atoms. The molecule has 0 spiro atoms. The van der Waals surface area contributed by atoms with Gasteiger partial charge in [-0.3, -0.25) is 0 Å². The molecular formula is C7H5BClNO2. The molecule has 3 nitrogen and oxygen atoms in total. The number of hydrogen-bond donors (Lipinski definition) is 2. The number of hydrogen-bond acceptors (Lipinski definition) is 2. The van der Waals surface area contributed by atoms with Crippen LogP contribution in [0.5, 0.6) is 0 Å². The molecule has 0 aliphatic rings. The van der Waals surface area contributed by atoms with E-state index in [0.717, 1.165) is 0 Å². The summed E-state index contributed by atoms with van der Waals surface area (Å²) in [6.07, 6.45) is 0. The highest BCUT2D eigenvalue weighted by molar-refractivity contribution is 6.62. The maximum Gasteiger partial charge on any atom is 0.488 e. The molecule has 1 rings (SSSR count). The predicted molar refractivity (Wildman–Crippen MR) is 47.5 cm³/mol. The van der Waals surface area contributed by atoms with Crippen molar-refractivity contribution < 1.29 is 10.0 Å². The Labute approximate surface area is 75.2 Å². The van der Waals surface area contributed by atoms with Gasteiger partial charge in [0.15, 0.2) is 5.69 Å². The van der Waals surface area contributed by atoms with Crippen LogP contribution < -0.4 is 5.46 Å². The van der Waals surface area contributed by atoms with Crippen molar-refractivity contribution in [1.29, 1.82) is 0 Å². The first-order chi connectivity index (χ1) is 5.65. The van der Waals surface area contributed by atoms with E-state index < -0.39 is 7.12 Å². The van der Waals surface area contributed by atoms with Crippen LogP contribution >= 0.6 is 11.6 Å². The second-order valence-electron chi connectivity index (χ2n) is 2.19. The topological polar surface area (TPSA) is 44.8 Å². The first-order valence-corrected chi connectivity index (χ1v) is 3.56. The van der Waals surface area contributed by atoms with Gasteiger partial charge < -0.3 is 10.0 Å². The Kier molecular flexibility index (Phi) is 2.72. The Morgan fingerprint density at radius 1 is 1.42 bits per heavy atom. The van der Waals surface area contributed by atoms with Gasteiger partial charge in [-0.1, -0.05) is 29.8 Å². The van der Waals surface area contributed by atoms with E-state index in [1.54, 1.807) is 0 Å². The van der Waals surface area contributed by atoms with Gasteiger partial charge in [0.05, 0.1) is 6.57 Å². The molecule has 0 aliphatic heterocycles. The smallest absolute Gasteiger partial charge is 0.423 e. The third kappa shape index (κ3) is 1.77. The fourth-order valence-corrected chi connectivity index (χ4v) is 1.01. The van der Waals surface area contributed by atoms with Crippen LogP contribution in [-0.4, -0.2) is 17.2 Å². The summed E-state index contributed by atoms with van der Waals surface area (Å²) in [5, 5.41) is 17.8. The van der Waals surface area contributed by atoms with Gasteiger partial charge in [-0.05, 0) is 5.46 Å². The second-order valence-corrected chi connectivity index (χ2v) is 2.60. The standard InChI is InChI=1S/C7H5BClNO2/c1-10-5-2-3-7(9)6(4-5)8(11)12/h2-4,11-12H. The molecule has 0 amide bonds. The highest BCUT2D eigenvalue weighted by Crippen LogP contribution is 2.14. The summed E-state index contributed by atoms with van der Waals surface area (Å²) in [4.78, 5) is 3.12. The van der Waals surface area contributed by atoms with E-state index in [-0.39, 0.29) is 10.5 Å². The summed E-state index contributed by atoms with van der Waals surface area (Å²) in [6, 6.07) is 4.32. The molecule has 0 bridgehead atoms. The summed E-state index contributed by atoms with van der Waals surface area (Å²) < 4.78 is 0. The van der Waals surface area contributed by atoms with Crippen LogP contribution in [0.1, 0.15) is 0 Å². The van der Waals surface area contributed by atoms with Gasteiger partial charge in [0.25, 0.3) is 0 Å². The number of benzene rings is 1. The van der Waals surface area contributed by atoms with E-state index in [2.05, 4.69) is 4.85 Å². The van der Waals surface area contributed by atoms with E-state index in [1.165, 1.54) is 18.2 Å². The van der Waals surface area contributed by atoms with Crippen LogP contribution in [0, 0.1) is 6.57 Å². The van der Waals surface area contributed by atoms with Crippen LogP contribution in [0.2, 0.25) is 5.02 Å². The minimum atomic E-state index is -1.63. The lowest BCUT2D eigenvalue weighted by atomic mass is 9.80. The summed E-state index contributed by atoms with van der Waals surface area (Å²) >= 11 is 5.63. The third-order valence-electron chi connectivity index (χ3n) is 1.39. The number of halogens is 1. The lowest BCUT2D eigenvalue weighted by Gasteiger charge is -2.01. The van der Waals surface area contributed by atoms with Crippen molar-refractivity contribution in [2.45, 2.75) is 0 Å². The maximum absolute atomic E-state index is 8.79. The SMILES string of the molecule is [C-]#[N+]c1ccc(Cl)c(B(O)O)c1. The fraction of sp³-hybridized carbons (Fsp3) is 0. The highest BCUT2D eigenvalue weighted by Gasteiger charge is 2.14. The van der Waals surface area contributed by atoms with Gasteiger partial charge in [-0.15, -0.1) is 0 Å². The van der Waals surface area contributed by atoms with Crippen molar-refractivity contribution in [2.75, 3.05) is 0 Å². The quantitative estimate of drug-likeness (QED) is 0.491. The molecular weight excluding hydrogens is 176 g/mol. The van der Waals surface area contributed by atoms with Gasteiger partial charge in [0.1, 0.15) is 0 Å². The first-order valence-electron chi connectivity index (χ1n) is 3.18. The van der Waals surface area contributed by atoms with Gasteiger partial charge in [0, 0.05) is 5.02 Å². The molecule has 2 N–H and O–H groups in total. The van der Waals surface area contributed by atoms with Gasteiger partial charge in [-0.25, -0.2) is 4.85 Å². The average Bonchev–Trinajstić information content (AvgIpc) is 2.05. The Morgan fingerprint density at radius 2 is 2.08 bits per heavy atom. The zero-order valence-electron chi connectivity index (χ0n) is 6.03. The van der Waals surface area contributed by atoms with Crippen LogP contribution in [0.4, 0.5) is 5.69 Å². The molecule has 0 saturated carbocycles. The number of rotatable bonds is 1. The second kappa shape index (κ2) is 3.59. The van der Waals surface area contributed by atoms with E-state index >= 15 is 0 Å². The normalized spacial score (nSPS) is 9.17. The molecule has 0 atom stereocenters. The molecule has 60 valence electrons. The van der Waals surface area contributed by atoms with Crippen molar-refractivity contribution in [3.63, 3.8) is 0 Å². The zero-order chi connectivity index (χ0) is 9.14. The fourth-order valence-electron chi connectivity index (χ4n) is 0.799.